The van der Waals surface area contributed by atoms with Crippen LogP contribution in [0.25, 0.3) is 9.40 Å². The molecule has 4 heterocycles. The molecule has 2 aliphatic rings. The van der Waals surface area contributed by atoms with Crippen LogP contribution in [-0.4, -0.2) is 11.4 Å². The molecule has 4 heteroatoms. The molecule has 0 saturated heterocycles. The zero-order valence-electron chi connectivity index (χ0n) is 20.7. The molecule has 4 aromatic rings. The predicted molar refractivity (Wildman–Crippen MR) is 150 cm³/mol. The van der Waals surface area contributed by atoms with Gasteiger partial charge in [0.25, 0.3) is 0 Å². The molecule has 2 nitrogen and oxygen atoms in total. The van der Waals surface area contributed by atoms with Crippen molar-refractivity contribution in [3.8, 4) is 0 Å². The number of aliphatic imine (C=N–C) groups is 2. The van der Waals surface area contributed by atoms with Gasteiger partial charge in [-0.3, -0.25) is 9.98 Å². The lowest BCUT2D eigenvalue weighted by molar-refractivity contribution is 0.589. The summed E-state index contributed by atoms with van der Waals surface area (Å²) in [6.07, 6.45) is 1.86. The highest BCUT2D eigenvalue weighted by Gasteiger charge is 2.24. The Morgan fingerprint density at radius 2 is 1.00 bits per heavy atom. The quantitative estimate of drug-likeness (QED) is 0.272. The summed E-state index contributed by atoms with van der Waals surface area (Å²) >= 11 is 3.74. The van der Waals surface area contributed by atoms with E-state index in [2.05, 4.69) is 90.1 Å². The standard InChI is InChI=1S/C30H30N2S2/c1-29(2,3)19-7-9-21-17(11-19)13-23(31-21)25-15-27-28(33-25)16-26(34-27)24-14-18-12-20(30(4,5)6)8-10-22(18)32-24/h7-12,15-16H,13-14H2,1-6H3. The maximum atomic E-state index is 4.98. The molecule has 0 bridgehead atoms. The number of benzene rings is 2. The third kappa shape index (κ3) is 3.77. The van der Waals surface area contributed by atoms with E-state index in [1.165, 1.54) is 52.8 Å². The van der Waals surface area contributed by atoms with Crippen molar-refractivity contribution in [2.75, 3.05) is 0 Å². The van der Waals surface area contributed by atoms with E-state index in [4.69, 9.17) is 9.98 Å². The first kappa shape index (κ1) is 21.9. The Morgan fingerprint density at radius 1 is 0.588 bits per heavy atom. The van der Waals surface area contributed by atoms with Gasteiger partial charge in [-0.2, -0.15) is 0 Å². The van der Waals surface area contributed by atoms with Gasteiger partial charge < -0.3 is 0 Å². The van der Waals surface area contributed by atoms with Gasteiger partial charge in [0.15, 0.2) is 0 Å². The fourth-order valence-corrected chi connectivity index (χ4v) is 7.11. The monoisotopic (exact) mass is 482 g/mol. The van der Waals surface area contributed by atoms with Crippen molar-refractivity contribution in [1.29, 1.82) is 0 Å². The van der Waals surface area contributed by atoms with Crippen LogP contribution in [-0.2, 0) is 23.7 Å². The molecule has 0 spiro atoms. The normalized spacial score (nSPS) is 15.5. The number of thiophene rings is 2. The number of hydrogen-bond donors (Lipinski definition) is 0. The first-order chi connectivity index (χ1) is 16.0. The van der Waals surface area contributed by atoms with Crippen molar-refractivity contribution in [2.24, 2.45) is 9.98 Å². The van der Waals surface area contributed by atoms with Gasteiger partial charge >= 0.3 is 0 Å². The molecular formula is C30H30N2S2. The minimum absolute atomic E-state index is 0.163. The molecule has 2 aromatic heterocycles. The van der Waals surface area contributed by atoms with Crippen molar-refractivity contribution in [2.45, 2.75) is 65.2 Å². The van der Waals surface area contributed by atoms with Crippen LogP contribution in [0.5, 0.6) is 0 Å². The maximum absolute atomic E-state index is 4.98. The van der Waals surface area contributed by atoms with Gasteiger partial charge in [0.1, 0.15) is 0 Å². The highest BCUT2D eigenvalue weighted by atomic mass is 32.1. The molecule has 2 aromatic carbocycles. The van der Waals surface area contributed by atoms with Crippen LogP contribution in [0.4, 0.5) is 11.4 Å². The summed E-state index contributed by atoms with van der Waals surface area (Å²) in [7, 11) is 0. The Balaban J connectivity index is 1.24. The smallest absolute Gasteiger partial charge is 0.0669 e. The Kier molecular flexibility index (Phi) is 4.82. The lowest BCUT2D eigenvalue weighted by atomic mass is 9.85. The van der Waals surface area contributed by atoms with E-state index >= 15 is 0 Å². The zero-order valence-corrected chi connectivity index (χ0v) is 22.4. The van der Waals surface area contributed by atoms with Gasteiger partial charge in [-0.15, -0.1) is 22.7 Å². The van der Waals surface area contributed by atoms with Gasteiger partial charge in [-0.1, -0.05) is 65.8 Å². The lowest BCUT2D eigenvalue weighted by Crippen LogP contribution is -2.11. The molecule has 0 radical (unpaired) electrons. The number of rotatable bonds is 2. The molecule has 6 rings (SSSR count). The topological polar surface area (TPSA) is 24.7 Å². The van der Waals surface area contributed by atoms with Crippen molar-refractivity contribution in [1.82, 2.24) is 0 Å². The molecule has 0 fully saturated rings. The van der Waals surface area contributed by atoms with E-state index in [1.54, 1.807) is 0 Å². The summed E-state index contributed by atoms with van der Waals surface area (Å²) in [5.41, 5.74) is 10.5. The van der Waals surface area contributed by atoms with Crippen LogP contribution in [0.15, 0.2) is 58.5 Å². The second-order valence-electron chi connectivity index (χ2n) is 11.6. The molecule has 0 saturated carbocycles. The summed E-state index contributed by atoms with van der Waals surface area (Å²) in [6.45, 7) is 13.6. The van der Waals surface area contributed by atoms with Gasteiger partial charge in [0.05, 0.1) is 32.6 Å². The molecule has 0 N–H and O–H groups in total. The molecule has 0 amide bonds. The van der Waals surface area contributed by atoms with Crippen LogP contribution in [0.3, 0.4) is 0 Å². The fraction of sp³-hybridized carbons (Fsp3) is 0.333. The average Bonchev–Trinajstić information content (AvgIpc) is 3.50. The predicted octanol–water partition coefficient (Wildman–Crippen LogP) is 8.91. The molecule has 2 aliphatic heterocycles. The van der Waals surface area contributed by atoms with Gasteiger partial charge in [0, 0.05) is 22.2 Å². The second kappa shape index (κ2) is 7.47. The highest BCUT2D eigenvalue weighted by Crippen LogP contribution is 2.40. The van der Waals surface area contributed by atoms with Crippen LogP contribution in [0.1, 0.15) is 73.6 Å². The minimum atomic E-state index is 0.163. The number of hydrogen-bond acceptors (Lipinski definition) is 4. The van der Waals surface area contributed by atoms with Crippen LogP contribution in [0, 0.1) is 0 Å². The molecule has 34 heavy (non-hydrogen) atoms. The summed E-state index contributed by atoms with van der Waals surface area (Å²) in [6, 6.07) is 18.2. The molecule has 172 valence electrons. The van der Waals surface area contributed by atoms with Crippen LogP contribution < -0.4 is 0 Å². The molecular weight excluding hydrogens is 452 g/mol. The minimum Gasteiger partial charge on any atom is -0.251 e. The van der Waals surface area contributed by atoms with E-state index in [0.29, 0.717) is 0 Å². The average molecular weight is 483 g/mol. The summed E-state index contributed by atoms with van der Waals surface area (Å²) < 4.78 is 2.69. The SMILES string of the molecule is CC(C)(C)c1ccc2c(c1)CC(c1cc3sc(C4=Nc5ccc(C(C)(C)C)cc5C4)cc3s1)=N2. The first-order valence-corrected chi connectivity index (χ1v) is 13.6. The van der Waals surface area contributed by atoms with Crippen molar-refractivity contribution in [3.05, 3.63) is 80.5 Å². The van der Waals surface area contributed by atoms with Crippen molar-refractivity contribution >= 4 is 54.9 Å². The Hall–Kier alpha value is -2.56. The lowest BCUT2D eigenvalue weighted by Gasteiger charge is -2.19. The fourth-order valence-electron chi connectivity index (χ4n) is 4.74. The second-order valence-corrected chi connectivity index (χ2v) is 13.8. The highest BCUT2D eigenvalue weighted by molar-refractivity contribution is 7.29. The van der Waals surface area contributed by atoms with Crippen LogP contribution >= 0.6 is 22.7 Å². The third-order valence-electron chi connectivity index (χ3n) is 6.89. The van der Waals surface area contributed by atoms with E-state index < -0.39 is 0 Å². The van der Waals surface area contributed by atoms with Crippen LogP contribution in [0.2, 0.25) is 0 Å². The third-order valence-corrected chi connectivity index (χ3v) is 9.28. The first-order valence-electron chi connectivity index (χ1n) is 12.0. The summed E-state index contributed by atoms with van der Waals surface area (Å²) in [5.74, 6) is 0. The Labute approximate surface area is 210 Å². The van der Waals surface area contributed by atoms with E-state index in [0.717, 1.165) is 24.2 Å². The zero-order chi connectivity index (χ0) is 23.8. The molecule has 0 atom stereocenters. The van der Waals surface area contributed by atoms with E-state index in [9.17, 15) is 0 Å². The summed E-state index contributed by atoms with van der Waals surface area (Å²) in [4.78, 5) is 12.6. The Morgan fingerprint density at radius 3 is 1.38 bits per heavy atom. The molecule has 0 aliphatic carbocycles. The van der Waals surface area contributed by atoms with Crippen molar-refractivity contribution in [3.63, 3.8) is 0 Å². The van der Waals surface area contributed by atoms with Gasteiger partial charge in [0.2, 0.25) is 0 Å². The van der Waals surface area contributed by atoms with Crippen molar-refractivity contribution < 1.29 is 0 Å². The number of nitrogens with zero attached hydrogens (tertiary/aromatic N) is 2. The maximum Gasteiger partial charge on any atom is 0.0669 e. The van der Waals surface area contributed by atoms with Gasteiger partial charge in [-0.05, 0) is 57.3 Å². The van der Waals surface area contributed by atoms with Gasteiger partial charge in [-0.25, -0.2) is 0 Å². The number of fused-ring (bicyclic) bond motifs is 3. The molecule has 0 unspecified atom stereocenters. The van der Waals surface area contributed by atoms with E-state index in [-0.39, 0.29) is 10.8 Å². The van der Waals surface area contributed by atoms with E-state index in [1.807, 2.05) is 22.7 Å². The Bertz CT molecular complexity index is 1370. The largest absolute Gasteiger partial charge is 0.251 e. The summed E-state index contributed by atoms with van der Waals surface area (Å²) in [5, 5.41) is 0.